The van der Waals surface area contributed by atoms with Gasteiger partial charge in [-0.2, -0.15) is 0 Å². The first kappa shape index (κ1) is 22.1. The molecular weight excluding hydrogens is 364 g/mol. The molecule has 2 saturated heterocycles. The molecule has 2 N–H and O–H groups in total. The van der Waals surface area contributed by atoms with Crippen LogP contribution in [-0.2, 0) is 9.59 Å². The van der Waals surface area contributed by atoms with Crippen LogP contribution in [0.5, 0.6) is 0 Å². The zero-order valence-electron chi connectivity index (χ0n) is 18.6. The summed E-state index contributed by atoms with van der Waals surface area (Å²) in [6.45, 7) is 8.45. The van der Waals surface area contributed by atoms with Crippen LogP contribution in [0.1, 0.15) is 85.0 Å². The highest BCUT2D eigenvalue weighted by molar-refractivity contribution is 6.07. The Bertz CT molecular complexity index is 606. The van der Waals surface area contributed by atoms with Gasteiger partial charge in [0.15, 0.2) is 5.96 Å². The van der Waals surface area contributed by atoms with Crippen LogP contribution in [0.2, 0.25) is 0 Å². The Morgan fingerprint density at radius 3 is 2.41 bits per heavy atom. The Morgan fingerprint density at radius 1 is 1.14 bits per heavy atom. The summed E-state index contributed by atoms with van der Waals surface area (Å²) in [5, 5.41) is 11.3. The van der Waals surface area contributed by atoms with E-state index in [2.05, 4.69) is 24.1 Å². The third kappa shape index (κ3) is 5.52. The minimum absolute atomic E-state index is 0.0382. The molecule has 1 atom stereocenters. The van der Waals surface area contributed by atoms with E-state index in [-0.39, 0.29) is 11.9 Å². The largest absolute Gasteiger partial charge is 0.343 e. The molecule has 2 amide bonds. The van der Waals surface area contributed by atoms with E-state index in [4.69, 9.17) is 5.41 Å². The molecular formula is C23H40N4O2. The zero-order valence-corrected chi connectivity index (χ0v) is 18.6. The number of hydrogen-bond donors (Lipinski definition) is 2. The molecule has 29 heavy (non-hydrogen) atoms. The van der Waals surface area contributed by atoms with E-state index in [0.717, 1.165) is 45.2 Å². The topological polar surface area (TPSA) is 76.5 Å². The van der Waals surface area contributed by atoms with E-state index in [1.165, 1.54) is 32.1 Å². The lowest BCUT2D eigenvalue weighted by Crippen LogP contribution is -2.45. The summed E-state index contributed by atoms with van der Waals surface area (Å²) in [4.78, 5) is 29.2. The maximum Gasteiger partial charge on any atom is 0.254 e. The van der Waals surface area contributed by atoms with Crippen molar-refractivity contribution in [1.82, 2.24) is 15.1 Å². The third-order valence-corrected chi connectivity index (χ3v) is 7.11. The summed E-state index contributed by atoms with van der Waals surface area (Å²) >= 11 is 0. The fourth-order valence-electron chi connectivity index (χ4n) is 5.50. The molecule has 2 heterocycles. The highest BCUT2D eigenvalue weighted by atomic mass is 16.2. The predicted molar refractivity (Wildman–Crippen MR) is 116 cm³/mol. The molecule has 6 nitrogen and oxygen atoms in total. The molecule has 0 aromatic rings. The van der Waals surface area contributed by atoms with E-state index in [0.29, 0.717) is 30.2 Å². The van der Waals surface area contributed by atoms with Gasteiger partial charge in [0.25, 0.3) is 5.91 Å². The number of piperidine rings is 1. The van der Waals surface area contributed by atoms with Crippen LogP contribution in [0.15, 0.2) is 0 Å². The van der Waals surface area contributed by atoms with Crippen molar-refractivity contribution in [1.29, 1.82) is 5.41 Å². The third-order valence-electron chi connectivity index (χ3n) is 7.11. The van der Waals surface area contributed by atoms with E-state index in [9.17, 15) is 9.59 Å². The van der Waals surface area contributed by atoms with Crippen molar-refractivity contribution in [2.75, 3.05) is 19.6 Å². The summed E-state index contributed by atoms with van der Waals surface area (Å²) < 4.78 is 0. The predicted octanol–water partition coefficient (Wildman–Crippen LogP) is 3.76. The smallest absolute Gasteiger partial charge is 0.254 e. The molecule has 1 saturated carbocycles. The lowest BCUT2D eigenvalue weighted by molar-refractivity contribution is -0.133. The van der Waals surface area contributed by atoms with Gasteiger partial charge in [0.2, 0.25) is 5.91 Å². The van der Waals surface area contributed by atoms with Crippen molar-refractivity contribution >= 4 is 17.8 Å². The number of rotatable bonds is 7. The molecule has 1 aliphatic carbocycles. The first-order valence-corrected chi connectivity index (χ1v) is 11.7. The zero-order chi connectivity index (χ0) is 21.0. The van der Waals surface area contributed by atoms with E-state index < -0.39 is 5.54 Å². The van der Waals surface area contributed by atoms with Crippen molar-refractivity contribution < 1.29 is 9.59 Å². The van der Waals surface area contributed by atoms with Crippen LogP contribution in [-0.4, -0.2) is 52.7 Å². The average Bonchev–Trinajstić information content (AvgIpc) is 2.88. The lowest BCUT2D eigenvalue weighted by Gasteiger charge is -2.34. The normalized spacial score (nSPS) is 27.0. The molecule has 0 radical (unpaired) electrons. The number of nitrogens with one attached hydrogen (secondary N) is 2. The molecule has 3 aliphatic rings. The fraction of sp³-hybridized carbons (Fsp3) is 0.870. The van der Waals surface area contributed by atoms with Crippen LogP contribution in [0, 0.1) is 23.2 Å². The number of carbonyl (C=O) groups excluding carboxylic acids is 2. The summed E-state index contributed by atoms with van der Waals surface area (Å²) in [7, 11) is 0. The van der Waals surface area contributed by atoms with Crippen molar-refractivity contribution in [2.24, 2.45) is 17.8 Å². The number of carbonyl (C=O) groups is 2. The van der Waals surface area contributed by atoms with E-state index in [1.54, 1.807) is 4.90 Å². The minimum atomic E-state index is -0.639. The van der Waals surface area contributed by atoms with Crippen molar-refractivity contribution in [3.63, 3.8) is 0 Å². The second-order valence-corrected chi connectivity index (χ2v) is 10.2. The van der Waals surface area contributed by atoms with Crippen LogP contribution < -0.4 is 5.32 Å². The Morgan fingerprint density at radius 2 is 1.79 bits per heavy atom. The monoisotopic (exact) mass is 404 g/mol. The molecule has 1 unspecified atom stereocenters. The fourth-order valence-corrected chi connectivity index (χ4v) is 5.50. The van der Waals surface area contributed by atoms with Gasteiger partial charge in [-0.05, 0) is 63.2 Å². The summed E-state index contributed by atoms with van der Waals surface area (Å²) in [6.07, 6.45) is 10.8. The summed E-state index contributed by atoms with van der Waals surface area (Å²) in [6, 6.07) is 0. The number of amides is 2. The lowest BCUT2D eigenvalue weighted by atomic mass is 9.86. The molecule has 3 rings (SSSR count). The van der Waals surface area contributed by atoms with E-state index in [1.807, 2.05) is 6.92 Å². The first-order chi connectivity index (χ1) is 13.8. The number of nitrogens with zero attached hydrogens (tertiary/aromatic N) is 2. The van der Waals surface area contributed by atoms with Gasteiger partial charge in [-0.1, -0.05) is 33.1 Å². The number of guanidine groups is 1. The molecule has 164 valence electrons. The Hall–Kier alpha value is -1.59. The van der Waals surface area contributed by atoms with Crippen molar-refractivity contribution in [3.05, 3.63) is 0 Å². The molecule has 3 fully saturated rings. The quantitative estimate of drug-likeness (QED) is 0.678. The maximum absolute atomic E-state index is 12.8. The summed E-state index contributed by atoms with van der Waals surface area (Å²) in [5.41, 5.74) is -0.639. The second kappa shape index (κ2) is 9.48. The van der Waals surface area contributed by atoms with Gasteiger partial charge in [0, 0.05) is 26.1 Å². The van der Waals surface area contributed by atoms with Crippen molar-refractivity contribution in [2.45, 2.75) is 90.5 Å². The Labute approximate surface area is 176 Å². The van der Waals surface area contributed by atoms with Gasteiger partial charge in [-0.15, -0.1) is 0 Å². The average molecular weight is 405 g/mol. The maximum atomic E-state index is 12.8. The first-order valence-electron chi connectivity index (χ1n) is 11.7. The Kier molecular flexibility index (Phi) is 7.23. The molecule has 0 bridgehead atoms. The van der Waals surface area contributed by atoms with Gasteiger partial charge in [-0.25, -0.2) is 0 Å². The van der Waals surface area contributed by atoms with Crippen molar-refractivity contribution in [3.8, 4) is 0 Å². The van der Waals surface area contributed by atoms with Gasteiger partial charge >= 0.3 is 0 Å². The van der Waals surface area contributed by atoms with Gasteiger partial charge in [0.1, 0.15) is 5.54 Å². The highest BCUT2D eigenvalue weighted by Gasteiger charge is 2.45. The standard InChI is InChI=1S/C23H40N4O2/c1-17(2)16-23(3)21(29)27(22(24)25-23)14-11-18-9-12-26(13-10-18)20(28)15-19-7-5-4-6-8-19/h17-19H,4-16H2,1-3H3,(H2,24,25). The molecule has 0 spiro atoms. The van der Waals surface area contributed by atoms with Gasteiger partial charge < -0.3 is 10.2 Å². The molecule has 2 aliphatic heterocycles. The molecule has 6 heteroatoms. The van der Waals surface area contributed by atoms with Crippen LogP contribution in [0.4, 0.5) is 0 Å². The van der Waals surface area contributed by atoms with Crippen LogP contribution >= 0.6 is 0 Å². The molecule has 0 aromatic carbocycles. The highest BCUT2D eigenvalue weighted by Crippen LogP contribution is 2.29. The minimum Gasteiger partial charge on any atom is -0.343 e. The van der Waals surface area contributed by atoms with Gasteiger partial charge in [0.05, 0.1) is 0 Å². The number of hydrogen-bond acceptors (Lipinski definition) is 3. The SMILES string of the molecule is CC(C)CC1(C)NC(=N)N(CCC2CCN(C(=O)CC3CCCCC3)CC2)C1=O. The van der Waals surface area contributed by atoms with Gasteiger partial charge in [-0.3, -0.25) is 19.9 Å². The summed E-state index contributed by atoms with van der Waals surface area (Å²) in [5.74, 6) is 2.18. The Balaban J connectivity index is 1.41. The number of likely N-dealkylation sites (tertiary alicyclic amines) is 1. The van der Waals surface area contributed by atoms with Crippen LogP contribution in [0.25, 0.3) is 0 Å². The van der Waals surface area contributed by atoms with E-state index >= 15 is 0 Å². The molecule has 0 aromatic heterocycles. The second-order valence-electron chi connectivity index (χ2n) is 10.2. The van der Waals surface area contributed by atoms with Crippen LogP contribution in [0.3, 0.4) is 0 Å².